The molecule has 1 heterocycles. The molecule has 0 bridgehead atoms. The molecule has 1 fully saturated rings. The lowest BCUT2D eigenvalue weighted by atomic mass is 10.2. The van der Waals surface area contributed by atoms with E-state index in [1.54, 1.807) is 18.9 Å². The number of aliphatic hydroxyl groups excluding tert-OH is 1. The van der Waals surface area contributed by atoms with Crippen LogP contribution in [0, 0.1) is 0 Å². The van der Waals surface area contributed by atoms with Crippen molar-refractivity contribution in [2.75, 3.05) is 20.3 Å². The number of rotatable bonds is 7. The molecule has 1 aliphatic heterocycles. The molecule has 0 aliphatic carbocycles. The lowest BCUT2D eigenvalue weighted by molar-refractivity contribution is -0.122. The Labute approximate surface area is 189 Å². The molecular formula is C21H25BrClNO4S. The second kappa shape index (κ2) is 12.4. The molecule has 1 aliphatic rings. The predicted molar refractivity (Wildman–Crippen MR) is 121 cm³/mol. The fraction of sp³-hybridized carbons (Fsp3) is 0.381. The van der Waals surface area contributed by atoms with E-state index in [0.717, 1.165) is 57.4 Å². The standard InChI is InChI=1S/C20H23BrClNO2S.CH2O2/c1-25-19-8-7-16(21)10-15(19)13-26-20-14(4-2-6-18(20)22)11-23-9-3-5-17(23)12-24;2-1-3/h2,4,6-8,10,17,24H,3,5,9,11-13H2,1H3;1H,(H,2,3). The van der Waals surface area contributed by atoms with Gasteiger partial charge in [0.2, 0.25) is 0 Å². The molecule has 158 valence electrons. The van der Waals surface area contributed by atoms with Crippen LogP contribution in [0.5, 0.6) is 5.75 Å². The molecule has 2 N–H and O–H groups in total. The molecule has 1 saturated heterocycles. The van der Waals surface area contributed by atoms with Gasteiger partial charge in [-0.05, 0) is 49.2 Å². The van der Waals surface area contributed by atoms with E-state index in [1.807, 2.05) is 24.3 Å². The van der Waals surface area contributed by atoms with Crippen LogP contribution >= 0.6 is 39.3 Å². The molecule has 29 heavy (non-hydrogen) atoms. The average molecular weight is 503 g/mol. The van der Waals surface area contributed by atoms with E-state index in [2.05, 4.69) is 33.0 Å². The second-order valence-corrected chi connectivity index (χ2v) is 8.84. The Morgan fingerprint density at radius 2 is 2.10 bits per heavy atom. The van der Waals surface area contributed by atoms with Gasteiger partial charge in [0.05, 0.1) is 18.7 Å². The molecule has 0 spiro atoms. The summed E-state index contributed by atoms with van der Waals surface area (Å²) in [4.78, 5) is 11.8. The van der Waals surface area contributed by atoms with Gasteiger partial charge in [-0.3, -0.25) is 9.69 Å². The van der Waals surface area contributed by atoms with Gasteiger partial charge < -0.3 is 14.9 Å². The normalized spacial score (nSPS) is 16.2. The number of aliphatic hydroxyl groups is 1. The van der Waals surface area contributed by atoms with Crippen molar-refractivity contribution in [3.8, 4) is 5.75 Å². The maximum Gasteiger partial charge on any atom is 0.290 e. The third kappa shape index (κ3) is 6.89. The number of likely N-dealkylation sites (tertiary alicyclic amines) is 1. The van der Waals surface area contributed by atoms with Crippen LogP contribution in [-0.2, 0) is 17.1 Å². The number of hydrogen-bond acceptors (Lipinski definition) is 5. The number of carboxylic acid groups (broad SMARTS) is 1. The Morgan fingerprint density at radius 3 is 2.79 bits per heavy atom. The highest BCUT2D eigenvalue weighted by molar-refractivity contribution is 9.10. The van der Waals surface area contributed by atoms with Crippen LogP contribution in [0.4, 0.5) is 0 Å². The zero-order valence-electron chi connectivity index (χ0n) is 16.2. The van der Waals surface area contributed by atoms with Crippen molar-refractivity contribution in [3.63, 3.8) is 0 Å². The molecule has 2 aromatic carbocycles. The summed E-state index contributed by atoms with van der Waals surface area (Å²) in [6, 6.07) is 12.4. The van der Waals surface area contributed by atoms with Gasteiger partial charge in [0.25, 0.3) is 6.47 Å². The molecule has 0 radical (unpaired) electrons. The zero-order chi connectivity index (χ0) is 21.2. The highest BCUT2D eigenvalue weighted by Gasteiger charge is 2.24. The summed E-state index contributed by atoms with van der Waals surface area (Å²) in [5.74, 6) is 1.66. The van der Waals surface area contributed by atoms with Crippen molar-refractivity contribution in [2.24, 2.45) is 0 Å². The largest absolute Gasteiger partial charge is 0.496 e. The molecule has 8 heteroatoms. The topological polar surface area (TPSA) is 70.0 Å². The maximum absolute atomic E-state index is 9.58. The first kappa shape index (κ1) is 24.0. The molecule has 3 rings (SSSR count). The molecule has 0 saturated carbocycles. The third-order valence-electron chi connectivity index (χ3n) is 4.75. The average Bonchev–Trinajstić information content (AvgIpc) is 3.15. The van der Waals surface area contributed by atoms with Crippen molar-refractivity contribution in [1.29, 1.82) is 0 Å². The quantitative estimate of drug-likeness (QED) is 0.407. The Bertz CT molecular complexity index is 808. The van der Waals surface area contributed by atoms with Crippen LogP contribution in [0.2, 0.25) is 5.02 Å². The van der Waals surface area contributed by atoms with E-state index >= 15 is 0 Å². The summed E-state index contributed by atoms with van der Waals surface area (Å²) in [7, 11) is 1.70. The zero-order valence-corrected chi connectivity index (χ0v) is 19.3. The second-order valence-electron chi connectivity index (χ2n) is 6.53. The Morgan fingerprint density at radius 1 is 1.34 bits per heavy atom. The number of carbonyl (C=O) groups is 1. The number of benzene rings is 2. The van der Waals surface area contributed by atoms with Crippen molar-refractivity contribution in [2.45, 2.75) is 36.1 Å². The molecule has 5 nitrogen and oxygen atoms in total. The van der Waals surface area contributed by atoms with Crippen LogP contribution in [0.1, 0.15) is 24.0 Å². The summed E-state index contributed by atoms with van der Waals surface area (Å²) >= 11 is 11.8. The van der Waals surface area contributed by atoms with Crippen LogP contribution in [0.15, 0.2) is 45.8 Å². The van der Waals surface area contributed by atoms with Crippen molar-refractivity contribution >= 4 is 45.8 Å². The highest BCUT2D eigenvalue weighted by atomic mass is 79.9. The van der Waals surface area contributed by atoms with Gasteiger partial charge >= 0.3 is 0 Å². The SMILES string of the molecule is COc1ccc(Br)cc1CSc1c(Cl)cccc1CN1CCCC1CO.O=CO. The summed E-state index contributed by atoms with van der Waals surface area (Å²) < 4.78 is 6.52. The van der Waals surface area contributed by atoms with E-state index in [1.165, 1.54) is 5.56 Å². The number of methoxy groups -OCH3 is 1. The number of nitrogens with zero attached hydrogens (tertiary/aromatic N) is 1. The Kier molecular flexibility index (Phi) is 10.3. The van der Waals surface area contributed by atoms with Crippen molar-refractivity contribution in [3.05, 3.63) is 57.0 Å². The molecule has 0 amide bonds. The van der Waals surface area contributed by atoms with E-state index in [0.29, 0.717) is 0 Å². The summed E-state index contributed by atoms with van der Waals surface area (Å²) in [5.41, 5.74) is 2.35. The molecule has 2 aromatic rings. The molecule has 1 atom stereocenters. The fourth-order valence-electron chi connectivity index (χ4n) is 3.38. The lowest BCUT2D eigenvalue weighted by Gasteiger charge is -2.24. The van der Waals surface area contributed by atoms with Crippen molar-refractivity contribution < 1.29 is 19.7 Å². The molecule has 0 aromatic heterocycles. The van der Waals surface area contributed by atoms with Crippen LogP contribution in [0.25, 0.3) is 0 Å². The molecule has 1 unspecified atom stereocenters. The van der Waals surface area contributed by atoms with E-state index < -0.39 is 0 Å². The monoisotopic (exact) mass is 501 g/mol. The maximum atomic E-state index is 9.58. The van der Waals surface area contributed by atoms with Crippen LogP contribution < -0.4 is 4.74 Å². The van der Waals surface area contributed by atoms with E-state index in [4.69, 9.17) is 26.2 Å². The minimum absolute atomic E-state index is 0.221. The van der Waals surface area contributed by atoms with Crippen LogP contribution in [0.3, 0.4) is 0 Å². The van der Waals surface area contributed by atoms with E-state index in [-0.39, 0.29) is 19.1 Å². The molecular weight excluding hydrogens is 478 g/mol. The first-order chi connectivity index (χ1) is 14.0. The third-order valence-corrected chi connectivity index (χ3v) is 6.89. The summed E-state index contributed by atoms with van der Waals surface area (Å²) in [6.07, 6.45) is 2.21. The fourth-order valence-corrected chi connectivity index (χ4v) is 5.19. The minimum Gasteiger partial charge on any atom is -0.496 e. The van der Waals surface area contributed by atoms with Gasteiger partial charge in [0.1, 0.15) is 5.75 Å². The number of thioether (sulfide) groups is 1. The van der Waals surface area contributed by atoms with Gasteiger partial charge in [-0.25, -0.2) is 0 Å². The smallest absolute Gasteiger partial charge is 0.290 e. The Hall–Kier alpha value is -1.25. The van der Waals surface area contributed by atoms with Gasteiger partial charge in [0.15, 0.2) is 0 Å². The first-order valence-corrected chi connectivity index (χ1v) is 11.3. The van der Waals surface area contributed by atoms with Crippen LogP contribution in [-0.4, -0.2) is 47.9 Å². The number of hydrogen-bond donors (Lipinski definition) is 2. The highest BCUT2D eigenvalue weighted by Crippen LogP contribution is 2.37. The summed E-state index contributed by atoms with van der Waals surface area (Å²) in [5, 5.41) is 17.3. The number of ether oxygens (including phenoxy) is 1. The van der Waals surface area contributed by atoms with Gasteiger partial charge in [-0.15, -0.1) is 11.8 Å². The van der Waals surface area contributed by atoms with Crippen molar-refractivity contribution in [1.82, 2.24) is 4.90 Å². The summed E-state index contributed by atoms with van der Waals surface area (Å²) in [6.45, 7) is 1.82. The first-order valence-electron chi connectivity index (χ1n) is 9.19. The van der Waals surface area contributed by atoms with E-state index in [9.17, 15) is 5.11 Å². The minimum atomic E-state index is -0.250. The van der Waals surface area contributed by atoms with Gasteiger partial charge in [0, 0.05) is 33.3 Å². The Balaban J connectivity index is 0.000000941. The van der Waals surface area contributed by atoms with Gasteiger partial charge in [-0.1, -0.05) is 39.7 Å². The lowest BCUT2D eigenvalue weighted by Crippen LogP contribution is -2.31. The predicted octanol–water partition coefficient (Wildman–Crippen LogP) is 5.06. The number of halogens is 2. The van der Waals surface area contributed by atoms with Gasteiger partial charge in [-0.2, -0.15) is 0 Å².